The van der Waals surface area contributed by atoms with Crippen molar-refractivity contribution in [3.63, 3.8) is 0 Å². The van der Waals surface area contributed by atoms with Gasteiger partial charge in [-0.2, -0.15) is 5.10 Å². The van der Waals surface area contributed by atoms with E-state index in [-0.39, 0.29) is 12.2 Å². The van der Waals surface area contributed by atoms with Gasteiger partial charge in [-0.3, -0.25) is 4.68 Å². The minimum atomic E-state index is -0.936. The Labute approximate surface area is 129 Å². The van der Waals surface area contributed by atoms with Crippen LogP contribution >= 0.6 is 11.6 Å². The summed E-state index contributed by atoms with van der Waals surface area (Å²) in [5.74, 6) is -0.362. The molecule has 1 N–H and O–H groups in total. The summed E-state index contributed by atoms with van der Waals surface area (Å²) >= 11 is 6.32. The van der Waals surface area contributed by atoms with Crippen LogP contribution in [0, 0.1) is 12.7 Å². The molecule has 0 saturated heterocycles. The second-order valence-corrected chi connectivity index (χ2v) is 5.45. The Morgan fingerprint density at radius 1 is 1.38 bits per heavy atom. The van der Waals surface area contributed by atoms with Gasteiger partial charge in [0.05, 0.1) is 22.5 Å². The van der Waals surface area contributed by atoms with Gasteiger partial charge in [-0.25, -0.2) is 4.39 Å². The van der Waals surface area contributed by atoms with Crippen molar-refractivity contribution >= 4 is 11.6 Å². The number of halogens is 2. The molecular weight excluding hydrogens is 291 g/mol. The molecule has 5 heteroatoms. The highest BCUT2D eigenvalue weighted by molar-refractivity contribution is 6.31. The van der Waals surface area contributed by atoms with Crippen molar-refractivity contribution in [3.05, 3.63) is 51.6 Å². The van der Waals surface area contributed by atoms with Crippen LogP contribution in [0.2, 0.25) is 5.02 Å². The van der Waals surface area contributed by atoms with Crippen molar-refractivity contribution in [2.24, 2.45) is 0 Å². The lowest BCUT2D eigenvalue weighted by atomic mass is 10.0. The highest BCUT2D eigenvalue weighted by atomic mass is 35.5. The maximum absolute atomic E-state index is 14.1. The van der Waals surface area contributed by atoms with Gasteiger partial charge in [0.2, 0.25) is 0 Å². The van der Waals surface area contributed by atoms with E-state index in [1.807, 2.05) is 13.8 Å². The van der Waals surface area contributed by atoms with E-state index < -0.39 is 6.10 Å². The summed E-state index contributed by atoms with van der Waals surface area (Å²) in [7, 11) is 0. The molecule has 0 aliphatic rings. The average molecular weight is 311 g/mol. The van der Waals surface area contributed by atoms with E-state index in [1.54, 1.807) is 29.8 Å². The number of aliphatic hydroxyl groups is 1. The van der Waals surface area contributed by atoms with Gasteiger partial charge in [0.15, 0.2) is 0 Å². The van der Waals surface area contributed by atoms with E-state index in [1.165, 1.54) is 0 Å². The molecule has 114 valence electrons. The van der Waals surface area contributed by atoms with Crippen LogP contribution in [0.4, 0.5) is 4.39 Å². The Balaban J connectivity index is 2.33. The van der Waals surface area contributed by atoms with Gasteiger partial charge in [-0.05, 0) is 25.8 Å². The van der Waals surface area contributed by atoms with Gasteiger partial charge < -0.3 is 5.11 Å². The van der Waals surface area contributed by atoms with Crippen LogP contribution in [-0.2, 0) is 19.4 Å². The van der Waals surface area contributed by atoms with Crippen molar-refractivity contribution in [3.8, 4) is 0 Å². The van der Waals surface area contributed by atoms with Crippen molar-refractivity contribution in [1.82, 2.24) is 9.78 Å². The Morgan fingerprint density at radius 2 is 2.10 bits per heavy atom. The average Bonchev–Trinajstić information content (AvgIpc) is 2.78. The predicted molar refractivity (Wildman–Crippen MR) is 82.1 cm³/mol. The molecule has 0 spiro atoms. The summed E-state index contributed by atoms with van der Waals surface area (Å²) in [6.45, 7) is 6.29. The van der Waals surface area contributed by atoms with Crippen LogP contribution in [0.15, 0.2) is 18.2 Å². The molecule has 0 amide bonds. The monoisotopic (exact) mass is 310 g/mol. The number of aromatic nitrogens is 2. The standard InChI is InChI=1S/C16H20ClFN2O/c1-4-12-15(17)13(20(5-2)19-12)9-14(21)11-8-6-7-10(3)16(11)18/h6-8,14,21H,4-5,9H2,1-3H3. The second kappa shape index (κ2) is 6.58. The topological polar surface area (TPSA) is 38.0 Å². The van der Waals surface area contributed by atoms with Crippen molar-refractivity contribution in [2.45, 2.75) is 46.3 Å². The molecule has 3 nitrogen and oxygen atoms in total. The number of aliphatic hydroxyl groups excluding tert-OH is 1. The van der Waals surface area contributed by atoms with Crippen LogP contribution in [0.25, 0.3) is 0 Å². The lowest BCUT2D eigenvalue weighted by Crippen LogP contribution is -2.10. The molecule has 1 unspecified atom stereocenters. The van der Waals surface area contributed by atoms with Gasteiger partial charge in [-0.1, -0.05) is 36.7 Å². The third-order valence-corrected chi connectivity index (χ3v) is 4.10. The van der Waals surface area contributed by atoms with Crippen molar-refractivity contribution in [2.75, 3.05) is 0 Å². The molecule has 2 rings (SSSR count). The summed E-state index contributed by atoms with van der Waals surface area (Å²) < 4.78 is 15.9. The fourth-order valence-corrected chi connectivity index (χ4v) is 2.78. The maximum atomic E-state index is 14.1. The molecule has 0 saturated carbocycles. The van der Waals surface area contributed by atoms with Crippen LogP contribution < -0.4 is 0 Å². The van der Waals surface area contributed by atoms with Gasteiger partial charge in [0.1, 0.15) is 5.82 Å². The van der Waals surface area contributed by atoms with E-state index in [0.717, 1.165) is 17.8 Å². The lowest BCUT2D eigenvalue weighted by Gasteiger charge is -2.14. The van der Waals surface area contributed by atoms with Gasteiger partial charge in [-0.15, -0.1) is 0 Å². The quantitative estimate of drug-likeness (QED) is 0.911. The van der Waals surface area contributed by atoms with E-state index in [9.17, 15) is 9.50 Å². The Bertz CT molecular complexity index is 639. The minimum absolute atomic E-state index is 0.250. The molecule has 1 aromatic heterocycles. The fraction of sp³-hybridized carbons (Fsp3) is 0.438. The van der Waals surface area contributed by atoms with Gasteiger partial charge in [0.25, 0.3) is 0 Å². The molecule has 1 heterocycles. The number of hydrogen-bond donors (Lipinski definition) is 1. The zero-order chi connectivity index (χ0) is 15.6. The molecule has 0 aliphatic heterocycles. The summed E-state index contributed by atoms with van der Waals surface area (Å²) in [5, 5.41) is 15.4. The SMILES string of the molecule is CCc1nn(CC)c(CC(O)c2cccc(C)c2F)c1Cl. The van der Waals surface area contributed by atoms with Crippen LogP contribution in [0.1, 0.15) is 42.5 Å². The summed E-state index contributed by atoms with van der Waals surface area (Å²) in [6.07, 6.45) is 0.0439. The molecule has 21 heavy (non-hydrogen) atoms. The summed E-state index contributed by atoms with van der Waals surface area (Å²) in [5.41, 5.74) is 2.39. The third-order valence-electron chi connectivity index (χ3n) is 3.66. The molecule has 1 aromatic carbocycles. The van der Waals surface area contributed by atoms with Gasteiger partial charge in [0, 0.05) is 18.5 Å². The number of hydrogen-bond acceptors (Lipinski definition) is 2. The van der Waals surface area contributed by atoms with E-state index in [2.05, 4.69) is 5.10 Å². The molecule has 0 radical (unpaired) electrons. The number of nitrogens with zero attached hydrogens (tertiary/aromatic N) is 2. The van der Waals surface area contributed by atoms with E-state index >= 15 is 0 Å². The van der Waals surface area contributed by atoms with E-state index in [0.29, 0.717) is 22.7 Å². The number of rotatable bonds is 5. The zero-order valence-corrected chi connectivity index (χ0v) is 13.3. The smallest absolute Gasteiger partial charge is 0.131 e. The lowest BCUT2D eigenvalue weighted by molar-refractivity contribution is 0.170. The second-order valence-electron chi connectivity index (χ2n) is 5.07. The first kappa shape index (κ1) is 16.0. The first-order valence-electron chi connectivity index (χ1n) is 7.16. The first-order chi connectivity index (χ1) is 9.99. The molecular formula is C16H20ClFN2O. The largest absolute Gasteiger partial charge is 0.388 e. The first-order valence-corrected chi connectivity index (χ1v) is 7.54. The fourth-order valence-electron chi connectivity index (χ4n) is 2.43. The van der Waals surface area contributed by atoms with Crippen molar-refractivity contribution < 1.29 is 9.50 Å². The van der Waals surface area contributed by atoms with E-state index in [4.69, 9.17) is 11.6 Å². The Morgan fingerprint density at radius 3 is 2.71 bits per heavy atom. The highest BCUT2D eigenvalue weighted by Crippen LogP contribution is 2.28. The zero-order valence-electron chi connectivity index (χ0n) is 12.5. The molecule has 0 bridgehead atoms. The highest BCUT2D eigenvalue weighted by Gasteiger charge is 2.21. The van der Waals surface area contributed by atoms with Gasteiger partial charge >= 0.3 is 0 Å². The maximum Gasteiger partial charge on any atom is 0.131 e. The number of benzene rings is 1. The minimum Gasteiger partial charge on any atom is -0.388 e. The van der Waals surface area contributed by atoms with Crippen LogP contribution in [0.3, 0.4) is 0 Å². The Kier molecular flexibility index (Phi) is 5.01. The summed E-state index contributed by atoms with van der Waals surface area (Å²) in [6, 6.07) is 5.03. The summed E-state index contributed by atoms with van der Waals surface area (Å²) in [4.78, 5) is 0. The van der Waals surface area contributed by atoms with Crippen LogP contribution in [-0.4, -0.2) is 14.9 Å². The molecule has 1 atom stereocenters. The molecule has 0 aliphatic carbocycles. The normalized spacial score (nSPS) is 12.7. The number of aryl methyl sites for hydroxylation is 3. The molecule has 2 aromatic rings. The van der Waals surface area contributed by atoms with Crippen molar-refractivity contribution in [1.29, 1.82) is 0 Å². The van der Waals surface area contributed by atoms with Crippen LogP contribution in [0.5, 0.6) is 0 Å². The third kappa shape index (κ3) is 3.11. The Hall–Kier alpha value is -1.39. The molecule has 0 fully saturated rings. The predicted octanol–water partition coefficient (Wildman–Crippen LogP) is 3.84.